The van der Waals surface area contributed by atoms with Crippen LogP contribution in [0, 0.1) is 0 Å². The van der Waals surface area contributed by atoms with E-state index in [1.165, 1.54) is 6.42 Å². The lowest BCUT2D eigenvalue weighted by Crippen LogP contribution is -2.40. The van der Waals surface area contributed by atoms with Crippen molar-refractivity contribution in [3.05, 3.63) is 0 Å². The first kappa shape index (κ1) is 7.54. The van der Waals surface area contributed by atoms with Gasteiger partial charge in [-0.15, -0.1) is 0 Å². The monoisotopic (exact) mass is 142 g/mol. The zero-order valence-electron chi connectivity index (χ0n) is 6.31. The molecule has 1 unspecified atom stereocenters. The van der Waals surface area contributed by atoms with Crippen molar-refractivity contribution in [3.8, 4) is 0 Å². The summed E-state index contributed by atoms with van der Waals surface area (Å²) in [6.07, 6.45) is 3.07. The van der Waals surface area contributed by atoms with Crippen molar-refractivity contribution in [2.45, 2.75) is 32.4 Å². The van der Waals surface area contributed by atoms with Crippen molar-refractivity contribution < 1.29 is 4.79 Å². The fraction of sp³-hybridized carbons (Fsp3) is 0.857. The third-order valence-electron chi connectivity index (χ3n) is 1.72. The molecule has 1 saturated heterocycles. The van der Waals surface area contributed by atoms with Gasteiger partial charge in [-0.1, -0.05) is 6.92 Å². The molecule has 1 fully saturated rings. The molecule has 1 atom stereocenters. The number of rotatable bonds is 2. The Morgan fingerprint density at radius 2 is 2.60 bits per heavy atom. The Hall–Kier alpha value is -0.570. The summed E-state index contributed by atoms with van der Waals surface area (Å²) in [4.78, 5) is 10.8. The van der Waals surface area contributed by atoms with E-state index in [4.69, 9.17) is 0 Å². The van der Waals surface area contributed by atoms with E-state index in [0.29, 0.717) is 6.42 Å². The van der Waals surface area contributed by atoms with Crippen molar-refractivity contribution in [1.29, 1.82) is 0 Å². The minimum Gasteiger partial charge on any atom is -0.341 e. The van der Waals surface area contributed by atoms with Gasteiger partial charge in [-0.3, -0.25) is 10.1 Å². The Balaban J connectivity index is 2.17. The number of hydrogen-bond acceptors (Lipinski definition) is 2. The van der Waals surface area contributed by atoms with E-state index in [2.05, 4.69) is 10.6 Å². The second kappa shape index (κ2) is 3.56. The lowest BCUT2D eigenvalue weighted by molar-refractivity contribution is -0.121. The van der Waals surface area contributed by atoms with Crippen LogP contribution in [0.3, 0.4) is 0 Å². The van der Waals surface area contributed by atoms with Gasteiger partial charge in [0.25, 0.3) is 0 Å². The van der Waals surface area contributed by atoms with Gasteiger partial charge in [0, 0.05) is 6.42 Å². The lowest BCUT2D eigenvalue weighted by atomic mass is 10.3. The fourth-order valence-electron chi connectivity index (χ4n) is 1.10. The van der Waals surface area contributed by atoms with Gasteiger partial charge in [0.1, 0.15) is 0 Å². The van der Waals surface area contributed by atoms with Gasteiger partial charge in [-0.05, 0) is 19.4 Å². The van der Waals surface area contributed by atoms with Gasteiger partial charge < -0.3 is 5.32 Å². The summed E-state index contributed by atoms with van der Waals surface area (Å²) < 4.78 is 0. The number of nitrogens with one attached hydrogen (secondary N) is 2. The molecule has 3 heteroatoms. The fourth-order valence-corrected chi connectivity index (χ4v) is 1.10. The molecular weight excluding hydrogens is 128 g/mol. The highest BCUT2D eigenvalue weighted by Crippen LogP contribution is 2.01. The summed E-state index contributed by atoms with van der Waals surface area (Å²) in [5.74, 6) is 0.138. The minimum atomic E-state index is 0.138. The Morgan fingerprint density at radius 1 is 1.80 bits per heavy atom. The Labute approximate surface area is 61.2 Å². The molecule has 1 aliphatic heterocycles. The Morgan fingerprint density at radius 3 is 3.10 bits per heavy atom. The molecule has 0 bridgehead atoms. The molecule has 0 aromatic rings. The third kappa shape index (κ3) is 1.99. The standard InChI is InChI=1S/C7H14N2O/c1-2-7(10)9-6-4-3-5-8-6/h6,8H,2-5H2,1H3,(H,9,10). The topological polar surface area (TPSA) is 41.1 Å². The van der Waals surface area contributed by atoms with Crippen LogP contribution in [0.5, 0.6) is 0 Å². The maximum atomic E-state index is 10.8. The zero-order valence-corrected chi connectivity index (χ0v) is 6.31. The predicted octanol–water partition coefficient (Wildman–Crippen LogP) is 0.222. The lowest BCUT2D eigenvalue weighted by Gasteiger charge is -2.10. The summed E-state index contributed by atoms with van der Waals surface area (Å²) in [6, 6.07) is 0. The highest BCUT2D eigenvalue weighted by atomic mass is 16.1. The molecule has 2 N–H and O–H groups in total. The predicted molar refractivity (Wildman–Crippen MR) is 39.5 cm³/mol. The SMILES string of the molecule is CCC(=O)NC1CCCN1. The van der Waals surface area contributed by atoms with Crippen molar-refractivity contribution >= 4 is 5.91 Å². The molecule has 10 heavy (non-hydrogen) atoms. The van der Waals surface area contributed by atoms with Crippen LogP contribution < -0.4 is 10.6 Å². The molecule has 0 radical (unpaired) electrons. The normalized spacial score (nSPS) is 24.7. The first-order chi connectivity index (χ1) is 4.83. The largest absolute Gasteiger partial charge is 0.341 e. The minimum absolute atomic E-state index is 0.138. The smallest absolute Gasteiger partial charge is 0.220 e. The molecule has 3 nitrogen and oxygen atoms in total. The highest BCUT2D eigenvalue weighted by Gasteiger charge is 2.14. The van der Waals surface area contributed by atoms with Crippen LogP contribution in [0.25, 0.3) is 0 Å². The summed E-state index contributed by atoms with van der Waals surface area (Å²) in [7, 11) is 0. The molecule has 58 valence electrons. The van der Waals surface area contributed by atoms with Gasteiger partial charge in [0.2, 0.25) is 5.91 Å². The number of hydrogen-bond donors (Lipinski definition) is 2. The van der Waals surface area contributed by atoms with Gasteiger partial charge in [-0.2, -0.15) is 0 Å². The van der Waals surface area contributed by atoms with Crippen LogP contribution in [0.4, 0.5) is 0 Å². The number of carbonyl (C=O) groups is 1. The van der Waals surface area contributed by atoms with E-state index in [0.717, 1.165) is 13.0 Å². The van der Waals surface area contributed by atoms with E-state index in [-0.39, 0.29) is 12.1 Å². The van der Waals surface area contributed by atoms with Gasteiger partial charge in [-0.25, -0.2) is 0 Å². The quantitative estimate of drug-likeness (QED) is 0.579. The molecule has 0 aromatic carbocycles. The maximum absolute atomic E-state index is 10.8. The Bertz CT molecular complexity index is 119. The highest BCUT2D eigenvalue weighted by molar-refractivity contribution is 5.75. The van der Waals surface area contributed by atoms with Crippen LogP contribution >= 0.6 is 0 Å². The third-order valence-corrected chi connectivity index (χ3v) is 1.72. The van der Waals surface area contributed by atoms with E-state index < -0.39 is 0 Å². The van der Waals surface area contributed by atoms with E-state index >= 15 is 0 Å². The van der Waals surface area contributed by atoms with Crippen LogP contribution in [-0.4, -0.2) is 18.6 Å². The average molecular weight is 142 g/mol. The molecular formula is C7H14N2O. The molecule has 0 saturated carbocycles. The summed E-state index contributed by atoms with van der Waals surface area (Å²) in [5.41, 5.74) is 0. The molecule has 1 amide bonds. The van der Waals surface area contributed by atoms with Crippen LogP contribution in [-0.2, 0) is 4.79 Å². The Kier molecular flexibility index (Phi) is 2.68. The van der Waals surface area contributed by atoms with Gasteiger partial charge in [0.15, 0.2) is 0 Å². The van der Waals surface area contributed by atoms with E-state index in [9.17, 15) is 4.79 Å². The van der Waals surface area contributed by atoms with Gasteiger partial charge in [0.05, 0.1) is 6.17 Å². The van der Waals surface area contributed by atoms with Crippen molar-refractivity contribution in [1.82, 2.24) is 10.6 Å². The molecule has 1 heterocycles. The van der Waals surface area contributed by atoms with Crippen LogP contribution in [0.2, 0.25) is 0 Å². The second-order valence-corrected chi connectivity index (χ2v) is 2.57. The zero-order chi connectivity index (χ0) is 7.40. The van der Waals surface area contributed by atoms with Crippen molar-refractivity contribution in [2.24, 2.45) is 0 Å². The maximum Gasteiger partial charge on any atom is 0.220 e. The van der Waals surface area contributed by atoms with E-state index in [1.54, 1.807) is 0 Å². The first-order valence-electron chi connectivity index (χ1n) is 3.85. The molecule has 1 rings (SSSR count). The molecule has 0 aromatic heterocycles. The van der Waals surface area contributed by atoms with Gasteiger partial charge >= 0.3 is 0 Å². The van der Waals surface area contributed by atoms with Crippen molar-refractivity contribution in [2.75, 3.05) is 6.54 Å². The van der Waals surface area contributed by atoms with E-state index in [1.807, 2.05) is 6.92 Å². The number of carbonyl (C=O) groups excluding carboxylic acids is 1. The summed E-state index contributed by atoms with van der Waals surface area (Å²) in [5, 5.41) is 6.07. The van der Waals surface area contributed by atoms with Crippen LogP contribution in [0.15, 0.2) is 0 Å². The average Bonchev–Trinajstić information content (AvgIpc) is 2.40. The molecule has 0 spiro atoms. The molecule has 0 aliphatic carbocycles. The van der Waals surface area contributed by atoms with Crippen molar-refractivity contribution in [3.63, 3.8) is 0 Å². The summed E-state index contributed by atoms with van der Waals surface area (Å²) in [6.45, 7) is 2.90. The summed E-state index contributed by atoms with van der Waals surface area (Å²) >= 11 is 0. The first-order valence-corrected chi connectivity index (χ1v) is 3.85. The molecule has 1 aliphatic rings. The van der Waals surface area contributed by atoms with Crippen LogP contribution in [0.1, 0.15) is 26.2 Å². The second-order valence-electron chi connectivity index (χ2n) is 2.57. The number of amides is 1.